The summed E-state index contributed by atoms with van der Waals surface area (Å²) in [6, 6.07) is 14.0. The molecule has 11 heteroatoms. The van der Waals surface area contributed by atoms with Crippen molar-refractivity contribution in [1.82, 2.24) is 29.2 Å². The van der Waals surface area contributed by atoms with E-state index in [0.29, 0.717) is 47.3 Å². The number of pyridine rings is 1. The second-order valence-corrected chi connectivity index (χ2v) is 12.3. The van der Waals surface area contributed by atoms with Crippen molar-refractivity contribution in [3.8, 4) is 11.7 Å². The average Bonchev–Trinajstić information content (AvgIpc) is 3.65. The van der Waals surface area contributed by atoms with Crippen molar-refractivity contribution in [3.63, 3.8) is 0 Å². The highest BCUT2D eigenvalue weighted by Crippen LogP contribution is 2.42. The van der Waals surface area contributed by atoms with E-state index >= 15 is 0 Å². The molecule has 0 saturated carbocycles. The predicted octanol–water partition coefficient (Wildman–Crippen LogP) is 4.39. The van der Waals surface area contributed by atoms with Crippen molar-refractivity contribution in [2.75, 3.05) is 56.7 Å². The summed E-state index contributed by atoms with van der Waals surface area (Å²) in [6.07, 6.45) is 9.20. The molecule has 1 N–H and O–H groups in total. The zero-order valence-electron chi connectivity index (χ0n) is 25.3. The van der Waals surface area contributed by atoms with Gasteiger partial charge in [0.25, 0.3) is 5.56 Å². The van der Waals surface area contributed by atoms with Crippen molar-refractivity contribution < 1.29 is 9.47 Å². The molecule has 3 aromatic heterocycles. The van der Waals surface area contributed by atoms with Gasteiger partial charge in [0, 0.05) is 43.1 Å². The van der Waals surface area contributed by atoms with E-state index in [1.165, 1.54) is 44.5 Å². The third-order valence-corrected chi connectivity index (χ3v) is 9.44. The lowest BCUT2D eigenvalue weighted by Gasteiger charge is -2.46. The molecule has 44 heavy (non-hydrogen) atoms. The van der Waals surface area contributed by atoms with Gasteiger partial charge in [-0.25, -0.2) is 14.3 Å². The van der Waals surface area contributed by atoms with Crippen LogP contribution in [0.25, 0.3) is 16.9 Å². The van der Waals surface area contributed by atoms with Gasteiger partial charge in [-0.15, -0.1) is 6.58 Å². The molecule has 0 aliphatic carbocycles. The van der Waals surface area contributed by atoms with Gasteiger partial charge in [-0.1, -0.05) is 12.1 Å². The molecule has 1 spiro atoms. The monoisotopic (exact) mass is 596 g/mol. The molecule has 1 atom stereocenters. The van der Waals surface area contributed by atoms with Gasteiger partial charge in [0.2, 0.25) is 11.8 Å². The Morgan fingerprint density at radius 3 is 2.57 bits per heavy atom. The molecule has 4 aromatic rings. The van der Waals surface area contributed by atoms with Crippen LogP contribution in [0.4, 0.5) is 17.3 Å². The quantitative estimate of drug-likeness (QED) is 0.297. The van der Waals surface area contributed by atoms with Crippen LogP contribution in [-0.4, -0.2) is 81.8 Å². The molecule has 3 fully saturated rings. The van der Waals surface area contributed by atoms with Crippen molar-refractivity contribution in [2.24, 2.45) is 5.41 Å². The predicted molar refractivity (Wildman–Crippen MR) is 171 cm³/mol. The van der Waals surface area contributed by atoms with Crippen LogP contribution in [0, 0.1) is 5.41 Å². The molecule has 0 bridgehead atoms. The minimum atomic E-state index is -0.211. The number of nitrogens with zero attached hydrogens (tertiary/aromatic N) is 7. The van der Waals surface area contributed by atoms with E-state index in [1.807, 2.05) is 18.2 Å². The largest absolute Gasteiger partial charge is 0.472 e. The smallest absolute Gasteiger partial charge is 0.278 e. The SMILES string of the molecule is C=CCn1c(=O)c2cnc(Nc3ccc(N4CCC5(CCN(C)CC5)CC4)cc3)nc2n1-c1cccc(O[C@@H]2CCOC2)n1. The first-order valence-electron chi connectivity index (χ1n) is 15.6. The third kappa shape index (κ3) is 5.69. The zero-order valence-corrected chi connectivity index (χ0v) is 25.3. The number of aromatic nitrogens is 5. The van der Waals surface area contributed by atoms with E-state index in [-0.39, 0.29) is 18.2 Å². The van der Waals surface area contributed by atoms with E-state index in [9.17, 15) is 4.79 Å². The van der Waals surface area contributed by atoms with Gasteiger partial charge in [-0.3, -0.25) is 4.79 Å². The van der Waals surface area contributed by atoms with Crippen LogP contribution in [0.1, 0.15) is 32.1 Å². The molecule has 11 nitrogen and oxygen atoms in total. The number of ether oxygens (including phenoxy) is 2. The third-order valence-electron chi connectivity index (χ3n) is 9.44. The number of anilines is 3. The molecule has 1 aromatic carbocycles. The second kappa shape index (κ2) is 12.0. The number of nitrogens with one attached hydrogen (secondary N) is 1. The standard InChI is InChI=1S/C33H40N8O3/c1-3-16-40-31(42)27-22-34-32(37-30(27)41(40)28-5-4-6-29(36-28)44-26-11-21-43-23-26)35-24-7-9-25(10-8-24)39-19-14-33(15-20-39)12-17-38(2)18-13-33/h3-10,22,26H,1,11-21,23H2,2H3,(H,34,35,37)/t26-/m1/s1. The molecule has 3 saturated heterocycles. The summed E-state index contributed by atoms with van der Waals surface area (Å²) in [7, 11) is 2.23. The van der Waals surface area contributed by atoms with E-state index in [1.54, 1.807) is 21.6 Å². The van der Waals surface area contributed by atoms with Gasteiger partial charge in [0.1, 0.15) is 11.5 Å². The molecule has 0 amide bonds. The van der Waals surface area contributed by atoms with Crippen LogP contribution in [0.2, 0.25) is 0 Å². The molecule has 230 valence electrons. The van der Waals surface area contributed by atoms with Gasteiger partial charge in [0.05, 0.1) is 19.8 Å². The van der Waals surface area contributed by atoms with Crippen molar-refractivity contribution in [2.45, 2.75) is 44.8 Å². The van der Waals surface area contributed by atoms with Crippen molar-refractivity contribution >= 4 is 28.4 Å². The molecule has 0 radical (unpaired) electrons. The van der Waals surface area contributed by atoms with E-state index in [0.717, 1.165) is 25.2 Å². The van der Waals surface area contributed by atoms with Crippen LogP contribution >= 0.6 is 0 Å². The van der Waals surface area contributed by atoms with Crippen molar-refractivity contribution in [3.05, 3.63) is 71.7 Å². The number of benzene rings is 1. The van der Waals surface area contributed by atoms with E-state index in [2.05, 4.69) is 58.0 Å². The highest BCUT2D eigenvalue weighted by atomic mass is 16.5. The number of fused-ring (bicyclic) bond motifs is 1. The first-order chi connectivity index (χ1) is 21.5. The zero-order chi connectivity index (χ0) is 30.1. The fourth-order valence-electron chi connectivity index (χ4n) is 6.69. The highest BCUT2D eigenvalue weighted by molar-refractivity contribution is 5.77. The fourth-order valence-corrected chi connectivity index (χ4v) is 6.69. The summed E-state index contributed by atoms with van der Waals surface area (Å²) in [5.41, 5.74) is 2.89. The Morgan fingerprint density at radius 2 is 1.84 bits per heavy atom. The van der Waals surface area contributed by atoms with E-state index in [4.69, 9.17) is 19.4 Å². The van der Waals surface area contributed by atoms with Crippen LogP contribution in [0.15, 0.2) is 66.1 Å². The molecule has 3 aliphatic heterocycles. The van der Waals surface area contributed by atoms with Crippen molar-refractivity contribution in [1.29, 1.82) is 0 Å². The molecule has 0 unspecified atom stereocenters. The number of rotatable bonds is 8. The maximum Gasteiger partial charge on any atom is 0.278 e. The number of hydrogen-bond donors (Lipinski definition) is 1. The average molecular weight is 597 g/mol. The normalized spacial score (nSPS) is 20.3. The highest BCUT2D eigenvalue weighted by Gasteiger charge is 2.36. The second-order valence-electron chi connectivity index (χ2n) is 12.3. The summed E-state index contributed by atoms with van der Waals surface area (Å²) >= 11 is 0. The Morgan fingerprint density at radius 1 is 1.07 bits per heavy atom. The van der Waals surface area contributed by atoms with Gasteiger partial charge >= 0.3 is 0 Å². The minimum absolute atomic E-state index is 0.0373. The molecule has 3 aliphatic rings. The summed E-state index contributed by atoms with van der Waals surface area (Å²) in [4.78, 5) is 32.3. The van der Waals surface area contributed by atoms with Crippen LogP contribution in [0.5, 0.6) is 5.88 Å². The molecular weight excluding hydrogens is 556 g/mol. The van der Waals surface area contributed by atoms with Gasteiger partial charge in [0.15, 0.2) is 11.5 Å². The maximum absolute atomic E-state index is 13.4. The van der Waals surface area contributed by atoms with E-state index < -0.39 is 0 Å². The van der Waals surface area contributed by atoms with Crippen LogP contribution in [0.3, 0.4) is 0 Å². The summed E-state index contributed by atoms with van der Waals surface area (Å²) in [5, 5.41) is 3.73. The lowest BCUT2D eigenvalue weighted by Crippen LogP contribution is -2.46. The number of piperidine rings is 2. The lowest BCUT2D eigenvalue weighted by atomic mass is 9.71. The number of allylic oxidation sites excluding steroid dienone is 1. The Hall–Kier alpha value is -4.22. The Kier molecular flexibility index (Phi) is 7.82. The molecule has 6 heterocycles. The van der Waals surface area contributed by atoms with Crippen LogP contribution in [-0.2, 0) is 11.3 Å². The minimum Gasteiger partial charge on any atom is -0.472 e. The van der Waals surface area contributed by atoms with Gasteiger partial charge in [-0.2, -0.15) is 9.97 Å². The summed E-state index contributed by atoms with van der Waals surface area (Å²) < 4.78 is 14.7. The first-order valence-corrected chi connectivity index (χ1v) is 15.6. The Bertz CT molecular complexity index is 1670. The summed E-state index contributed by atoms with van der Waals surface area (Å²) in [5.74, 6) is 1.39. The summed E-state index contributed by atoms with van der Waals surface area (Å²) in [6.45, 7) is 9.99. The molecule has 7 rings (SSSR count). The topological polar surface area (TPSA) is 103 Å². The maximum atomic E-state index is 13.4. The lowest BCUT2D eigenvalue weighted by molar-refractivity contribution is 0.0945. The first kappa shape index (κ1) is 28.5. The molecular formula is C33H40N8O3. The van der Waals surface area contributed by atoms with Gasteiger partial charge in [-0.05, 0) is 81.6 Å². The van der Waals surface area contributed by atoms with Gasteiger partial charge < -0.3 is 24.6 Å². The fraction of sp³-hybridized carbons (Fsp3) is 0.455. The number of hydrogen-bond acceptors (Lipinski definition) is 9. The Labute approximate surface area is 257 Å². The van der Waals surface area contributed by atoms with Crippen LogP contribution < -0.4 is 20.5 Å². The number of likely N-dealkylation sites (tertiary alicyclic amines) is 1. The Balaban J connectivity index is 1.11.